The minimum Gasteiger partial charge on any atom is -0.476 e. The summed E-state index contributed by atoms with van der Waals surface area (Å²) in [5, 5.41) is 16.1. The Labute approximate surface area is 102 Å². The van der Waals surface area contributed by atoms with Gasteiger partial charge in [-0.1, -0.05) is 5.21 Å². The molecule has 0 bridgehead atoms. The molecule has 0 unspecified atom stereocenters. The molecule has 0 atom stereocenters. The number of carboxylic acid groups (broad SMARTS) is 1. The Kier molecular flexibility index (Phi) is 3.05. The first-order valence-corrected chi connectivity index (χ1v) is 4.96. The summed E-state index contributed by atoms with van der Waals surface area (Å²) in [5.41, 5.74) is 0.816. The summed E-state index contributed by atoms with van der Waals surface area (Å²) in [4.78, 5) is 22.1. The van der Waals surface area contributed by atoms with Crippen LogP contribution in [0.3, 0.4) is 0 Å². The molecule has 1 aromatic carbocycles. The van der Waals surface area contributed by atoms with Crippen molar-refractivity contribution in [3.63, 3.8) is 0 Å². The lowest BCUT2D eigenvalue weighted by Crippen LogP contribution is -2.08. The summed E-state index contributed by atoms with van der Waals surface area (Å²) in [6.07, 6.45) is 1.15. The van der Waals surface area contributed by atoms with Gasteiger partial charge in [-0.2, -0.15) is 0 Å². The fourth-order valence-corrected chi connectivity index (χ4v) is 1.43. The van der Waals surface area contributed by atoms with Crippen LogP contribution >= 0.6 is 0 Å². The summed E-state index contributed by atoms with van der Waals surface area (Å²) < 4.78 is 5.73. The monoisotopic (exact) mass is 247 g/mol. The number of aromatic nitrogens is 3. The van der Waals surface area contributed by atoms with Crippen LogP contribution in [0.1, 0.15) is 20.8 Å². The minimum absolute atomic E-state index is 0.0548. The third-order valence-corrected chi connectivity index (χ3v) is 2.30. The van der Waals surface area contributed by atoms with Crippen LogP contribution in [0.5, 0.6) is 0 Å². The molecule has 0 spiro atoms. The summed E-state index contributed by atoms with van der Waals surface area (Å²) >= 11 is 0. The number of carboxylic acids is 1. The van der Waals surface area contributed by atoms with E-state index >= 15 is 0 Å². The van der Waals surface area contributed by atoms with Gasteiger partial charge in [0, 0.05) is 0 Å². The van der Waals surface area contributed by atoms with Gasteiger partial charge in [0.2, 0.25) is 0 Å². The van der Waals surface area contributed by atoms with E-state index in [0.29, 0.717) is 11.3 Å². The number of rotatable bonds is 3. The van der Waals surface area contributed by atoms with Crippen LogP contribution in [-0.4, -0.2) is 39.1 Å². The maximum Gasteiger partial charge on any atom is 0.356 e. The maximum atomic E-state index is 11.2. The molecule has 0 amide bonds. The van der Waals surface area contributed by atoms with Gasteiger partial charge in [-0.15, -0.1) is 5.10 Å². The Hall–Kier alpha value is -2.70. The minimum atomic E-state index is -1.13. The quantitative estimate of drug-likeness (QED) is 0.804. The third kappa shape index (κ3) is 2.05. The molecule has 0 radical (unpaired) electrons. The SMILES string of the molecule is COC(=O)c1ccc(-n2nncc2C(=O)O)cc1. The molecule has 7 heteroatoms. The second-order valence-corrected chi connectivity index (χ2v) is 3.37. The third-order valence-electron chi connectivity index (χ3n) is 2.30. The van der Waals surface area contributed by atoms with Crippen molar-refractivity contribution in [1.29, 1.82) is 0 Å². The first kappa shape index (κ1) is 11.8. The standard InChI is InChI=1S/C11H9N3O4/c1-18-11(17)7-2-4-8(5-3-7)14-9(10(15)16)6-12-13-14/h2-6H,1H3,(H,15,16). The van der Waals surface area contributed by atoms with Gasteiger partial charge in [-0.3, -0.25) is 0 Å². The molecule has 7 nitrogen and oxygen atoms in total. The largest absolute Gasteiger partial charge is 0.476 e. The van der Waals surface area contributed by atoms with Crippen LogP contribution in [0, 0.1) is 0 Å². The zero-order valence-electron chi connectivity index (χ0n) is 9.40. The van der Waals surface area contributed by atoms with Gasteiger partial charge < -0.3 is 9.84 Å². The number of carbonyl (C=O) groups is 2. The highest BCUT2D eigenvalue weighted by atomic mass is 16.5. The van der Waals surface area contributed by atoms with Gasteiger partial charge in [0.15, 0.2) is 5.69 Å². The van der Waals surface area contributed by atoms with Crippen molar-refractivity contribution in [3.8, 4) is 5.69 Å². The van der Waals surface area contributed by atoms with Crippen molar-refractivity contribution in [2.45, 2.75) is 0 Å². The highest BCUT2D eigenvalue weighted by molar-refractivity contribution is 5.89. The van der Waals surface area contributed by atoms with Crippen LogP contribution in [-0.2, 0) is 4.74 Å². The number of hydrogen-bond acceptors (Lipinski definition) is 5. The Morgan fingerprint density at radius 2 is 1.94 bits per heavy atom. The average molecular weight is 247 g/mol. The lowest BCUT2D eigenvalue weighted by molar-refractivity contribution is 0.0599. The topological polar surface area (TPSA) is 94.3 Å². The maximum absolute atomic E-state index is 11.2. The van der Waals surface area contributed by atoms with E-state index < -0.39 is 11.9 Å². The molecule has 0 aliphatic heterocycles. The predicted molar refractivity (Wildman–Crippen MR) is 59.7 cm³/mol. The summed E-state index contributed by atoms with van der Waals surface area (Å²) in [5.74, 6) is -1.59. The number of nitrogens with zero attached hydrogens (tertiary/aromatic N) is 3. The van der Waals surface area contributed by atoms with Gasteiger partial charge in [-0.05, 0) is 24.3 Å². The van der Waals surface area contributed by atoms with E-state index in [2.05, 4.69) is 15.0 Å². The molecule has 1 aromatic heterocycles. The van der Waals surface area contributed by atoms with E-state index in [1.165, 1.54) is 23.9 Å². The molecule has 92 valence electrons. The van der Waals surface area contributed by atoms with Crippen molar-refractivity contribution in [1.82, 2.24) is 15.0 Å². The van der Waals surface area contributed by atoms with Crippen molar-refractivity contribution in [2.75, 3.05) is 7.11 Å². The van der Waals surface area contributed by atoms with E-state index in [4.69, 9.17) is 5.11 Å². The van der Waals surface area contributed by atoms with Gasteiger partial charge in [-0.25, -0.2) is 14.3 Å². The van der Waals surface area contributed by atoms with E-state index in [-0.39, 0.29) is 5.69 Å². The molecule has 1 heterocycles. The Morgan fingerprint density at radius 1 is 1.28 bits per heavy atom. The second-order valence-electron chi connectivity index (χ2n) is 3.37. The number of methoxy groups -OCH3 is 1. The number of carbonyl (C=O) groups excluding carboxylic acids is 1. The van der Waals surface area contributed by atoms with E-state index in [1.807, 2.05) is 0 Å². The highest BCUT2D eigenvalue weighted by Crippen LogP contribution is 2.11. The van der Waals surface area contributed by atoms with Crippen LogP contribution in [0.15, 0.2) is 30.5 Å². The lowest BCUT2D eigenvalue weighted by atomic mass is 10.2. The Bertz CT molecular complexity index is 589. The molecule has 0 saturated carbocycles. The highest BCUT2D eigenvalue weighted by Gasteiger charge is 2.13. The number of benzene rings is 1. The smallest absolute Gasteiger partial charge is 0.356 e. The predicted octanol–water partition coefficient (Wildman–Crippen LogP) is 0.752. The zero-order chi connectivity index (χ0) is 13.1. The number of hydrogen-bond donors (Lipinski definition) is 1. The van der Waals surface area contributed by atoms with E-state index in [0.717, 1.165) is 6.20 Å². The fraction of sp³-hybridized carbons (Fsp3) is 0.0909. The van der Waals surface area contributed by atoms with Crippen LogP contribution in [0.4, 0.5) is 0 Å². The molecule has 2 rings (SSSR count). The Balaban J connectivity index is 2.37. The molecule has 0 aliphatic carbocycles. The van der Waals surface area contributed by atoms with Crippen molar-refractivity contribution >= 4 is 11.9 Å². The molecular formula is C11H9N3O4. The molecule has 0 fully saturated rings. The fourth-order valence-electron chi connectivity index (χ4n) is 1.43. The van der Waals surface area contributed by atoms with Crippen LogP contribution in [0.2, 0.25) is 0 Å². The Morgan fingerprint density at radius 3 is 2.50 bits per heavy atom. The average Bonchev–Trinajstić information content (AvgIpc) is 2.87. The molecule has 2 aromatic rings. The number of ether oxygens (including phenoxy) is 1. The van der Waals surface area contributed by atoms with Crippen molar-refractivity contribution in [3.05, 3.63) is 41.7 Å². The molecule has 18 heavy (non-hydrogen) atoms. The molecule has 1 N–H and O–H groups in total. The second kappa shape index (κ2) is 4.66. The first-order chi connectivity index (χ1) is 8.63. The van der Waals surface area contributed by atoms with Gasteiger partial charge in [0.25, 0.3) is 0 Å². The molecule has 0 aliphatic rings. The van der Waals surface area contributed by atoms with E-state index in [1.54, 1.807) is 12.1 Å². The van der Waals surface area contributed by atoms with Gasteiger partial charge in [0.1, 0.15) is 0 Å². The normalized spacial score (nSPS) is 10.1. The number of aromatic carboxylic acids is 1. The van der Waals surface area contributed by atoms with Gasteiger partial charge >= 0.3 is 11.9 Å². The lowest BCUT2D eigenvalue weighted by Gasteiger charge is -2.04. The van der Waals surface area contributed by atoms with Crippen LogP contribution in [0.25, 0.3) is 5.69 Å². The summed E-state index contributed by atoms with van der Waals surface area (Å²) in [6.45, 7) is 0. The van der Waals surface area contributed by atoms with Crippen LogP contribution < -0.4 is 0 Å². The number of esters is 1. The van der Waals surface area contributed by atoms with E-state index in [9.17, 15) is 9.59 Å². The van der Waals surface area contributed by atoms with Crippen molar-refractivity contribution < 1.29 is 19.4 Å². The van der Waals surface area contributed by atoms with Gasteiger partial charge in [0.05, 0.1) is 24.6 Å². The zero-order valence-corrected chi connectivity index (χ0v) is 9.40. The van der Waals surface area contributed by atoms with Crippen molar-refractivity contribution in [2.24, 2.45) is 0 Å². The summed E-state index contributed by atoms with van der Waals surface area (Å²) in [6, 6.07) is 6.17. The summed E-state index contributed by atoms with van der Waals surface area (Å²) in [7, 11) is 1.29. The molecule has 0 saturated heterocycles. The first-order valence-electron chi connectivity index (χ1n) is 4.96. The molecular weight excluding hydrogens is 238 g/mol.